The molecule has 0 aliphatic carbocycles. The Bertz CT molecular complexity index is 239. The first-order valence-electron chi connectivity index (χ1n) is 3.32. The summed E-state index contributed by atoms with van der Waals surface area (Å²) in [6.45, 7) is 1.95. The summed E-state index contributed by atoms with van der Waals surface area (Å²) in [5.41, 5.74) is 3.56. The van der Waals surface area contributed by atoms with Crippen molar-refractivity contribution in [3.63, 3.8) is 0 Å². The molecule has 0 saturated carbocycles. The summed E-state index contributed by atoms with van der Waals surface area (Å²) in [5.74, 6) is 5.26. The van der Waals surface area contributed by atoms with Gasteiger partial charge in [0, 0.05) is 10.7 Å². The molecule has 3 nitrogen and oxygen atoms in total. The third kappa shape index (κ3) is 1.99. The Kier molecular flexibility index (Phi) is 2.99. The third-order valence-electron chi connectivity index (χ3n) is 1.45. The van der Waals surface area contributed by atoms with E-state index in [4.69, 9.17) is 5.84 Å². The minimum atomic E-state index is 0.0746. The number of nitrogens with two attached hydrogens (primary N) is 1. The number of aromatic nitrogens is 1. The number of pyridine rings is 1. The van der Waals surface area contributed by atoms with Gasteiger partial charge < -0.3 is 0 Å². The summed E-state index contributed by atoms with van der Waals surface area (Å²) >= 11 is 3.38. The molecule has 1 atom stereocenters. The molecule has 0 spiro atoms. The van der Waals surface area contributed by atoms with Gasteiger partial charge >= 0.3 is 0 Å². The molecule has 0 radical (unpaired) electrons. The van der Waals surface area contributed by atoms with Gasteiger partial charge in [-0.1, -0.05) is 0 Å². The Morgan fingerprint density at radius 1 is 1.73 bits per heavy atom. The Hall–Kier alpha value is -0.450. The van der Waals surface area contributed by atoms with Crippen molar-refractivity contribution in [3.05, 3.63) is 28.5 Å². The molecule has 0 bridgehead atoms. The highest BCUT2D eigenvalue weighted by atomic mass is 79.9. The molecule has 0 aliphatic heterocycles. The second-order valence-corrected chi connectivity index (χ2v) is 3.11. The smallest absolute Gasteiger partial charge is 0.0725 e. The van der Waals surface area contributed by atoms with Crippen molar-refractivity contribution in [1.29, 1.82) is 0 Å². The van der Waals surface area contributed by atoms with Gasteiger partial charge in [-0.15, -0.1) is 0 Å². The van der Waals surface area contributed by atoms with Crippen molar-refractivity contribution in [2.75, 3.05) is 0 Å². The minimum absolute atomic E-state index is 0.0746. The first-order valence-corrected chi connectivity index (χ1v) is 4.11. The van der Waals surface area contributed by atoms with Gasteiger partial charge in [0.05, 0.1) is 11.7 Å². The Morgan fingerprint density at radius 3 is 3.00 bits per heavy atom. The molecular weight excluding hydrogens is 206 g/mol. The number of hydrogen-bond acceptors (Lipinski definition) is 3. The van der Waals surface area contributed by atoms with E-state index in [2.05, 4.69) is 26.3 Å². The standard InChI is InChI=1S/C7H10BrN3/c1-5(11-9)7-6(8)3-2-4-10-7/h2-5,11H,9H2,1H3. The van der Waals surface area contributed by atoms with Gasteiger partial charge in [-0.3, -0.25) is 16.3 Å². The average molecular weight is 216 g/mol. The zero-order chi connectivity index (χ0) is 8.27. The van der Waals surface area contributed by atoms with Crippen molar-refractivity contribution in [3.8, 4) is 0 Å². The van der Waals surface area contributed by atoms with E-state index in [0.29, 0.717) is 0 Å². The van der Waals surface area contributed by atoms with Gasteiger partial charge in [-0.25, -0.2) is 0 Å². The molecule has 0 aromatic carbocycles. The Labute approximate surface area is 74.1 Å². The minimum Gasteiger partial charge on any atom is -0.271 e. The summed E-state index contributed by atoms with van der Waals surface area (Å²) in [7, 11) is 0. The predicted octanol–water partition coefficient (Wildman–Crippen LogP) is 1.37. The lowest BCUT2D eigenvalue weighted by Gasteiger charge is -2.09. The molecule has 1 heterocycles. The highest BCUT2D eigenvalue weighted by molar-refractivity contribution is 9.10. The molecule has 3 N–H and O–H groups in total. The van der Waals surface area contributed by atoms with Crippen molar-refractivity contribution in [2.24, 2.45) is 5.84 Å². The number of nitrogens with one attached hydrogen (secondary N) is 1. The van der Waals surface area contributed by atoms with Gasteiger partial charge in [0.25, 0.3) is 0 Å². The van der Waals surface area contributed by atoms with E-state index in [-0.39, 0.29) is 6.04 Å². The lowest BCUT2D eigenvalue weighted by molar-refractivity contribution is 0.584. The Balaban J connectivity index is 2.93. The lowest BCUT2D eigenvalue weighted by Crippen LogP contribution is -2.26. The van der Waals surface area contributed by atoms with Gasteiger partial charge in [0.15, 0.2) is 0 Å². The summed E-state index contributed by atoms with van der Waals surface area (Å²) in [6.07, 6.45) is 1.74. The maximum Gasteiger partial charge on any atom is 0.0725 e. The molecule has 4 heteroatoms. The summed E-state index contributed by atoms with van der Waals surface area (Å²) in [5, 5.41) is 0. The molecule has 60 valence electrons. The van der Waals surface area contributed by atoms with Crippen LogP contribution in [0.15, 0.2) is 22.8 Å². The fourth-order valence-electron chi connectivity index (χ4n) is 0.795. The number of rotatable bonds is 2. The first kappa shape index (κ1) is 8.64. The van der Waals surface area contributed by atoms with E-state index in [1.165, 1.54) is 0 Å². The maximum absolute atomic E-state index is 5.26. The van der Waals surface area contributed by atoms with Crippen LogP contribution in [0.4, 0.5) is 0 Å². The van der Waals surface area contributed by atoms with E-state index < -0.39 is 0 Å². The monoisotopic (exact) mass is 215 g/mol. The third-order valence-corrected chi connectivity index (χ3v) is 2.12. The molecular formula is C7H10BrN3. The van der Waals surface area contributed by atoms with Gasteiger partial charge in [0.2, 0.25) is 0 Å². The van der Waals surface area contributed by atoms with Crippen LogP contribution in [0.25, 0.3) is 0 Å². The quantitative estimate of drug-likeness (QED) is 0.579. The van der Waals surface area contributed by atoms with E-state index in [0.717, 1.165) is 10.2 Å². The second kappa shape index (κ2) is 3.80. The van der Waals surface area contributed by atoms with Crippen LogP contribution in [0.5, 0.6) is 0 Å². The summed E-state index contributed by atoms with van der Waals surface area (Å²) in [4.78, 5) is 4.16. The molecule has 1 aromatic heterocycles. The topological polar surface area (TPSA) is 50.9 Å². The van der Waals surface area contributed by atoms with Crippen molar-refractivity contribution >= 4 is 15.9 Å². The maximum atomic E-state index is 5.26. The van der Waals surface area contributed by atoms with Crippen molar-refractivity contribution < 1.29 is 0 Å². The zero-order valence-corrected chi connectivity index (χ0v) is 7.80. The molecule has 11 heavy (non-hydrogen) atoms. The highest BCUT2D eigenvalue weighted by Gasteiger charge is 2.06. The highest BCUT2D eigenvalue weighted by Crippen LogP contribution is 2.18. The largest absolute Gasteiger partial charge is 0.271 e. The SMILES string of the molecule is CC(NN)c1ncccc1Br. The van der Waals surface area contributed by atoms with Crippen LogP contribution in [-0.4, -0.2) is 4.98 Å². The van der Waals surface area contributed by atoms with Crippen LogP contribution in [0.3, 0.4) is 0 Å². The molecule has 0 fully saturated rings. The van der Waals surface area contributed by atoms with Crippen LogP contribution in [0.1, 0.15) is 18.7 Å². The number of halogens is 1. The van der Waals surface area contributed by atoms with Gasteiger partial charge in [0.1, 0.15) is 0 Å². The average Bonchev–Trinajstić information content (AvgIpc) is 2.04. The predicted molar refractivity (Wildman–Crippen MR) is 47.7 cm³/mol. The van der Waals surface area contributed by atoms with Crippen LogP contribution in [-0.2, 0) is 0 Å². The summed E-state index contributed by atoms with van der Waals surface area (Å²) < 4.78 is 0.977. The Morgan fingerprint density at radius 2 is 2.45 bits per heavy atom. The first-order chi connectivity index (χ1) is 5.25. The number of nitrogens with zero attached hydrogens (tertiary/aromatic N) is 1. The van der Waals surface area contributed by atoms with Crippen molar-refractivity contribution in [1.82, 2.24) is 10.4 Å². The van der Waals surface area contributed by atoms with Crippen LogP contribution in [0.2, 0.25) is 0 Å². The molecule has 1 unspecified atom stereocenters. The molecule has 1 aromatic rings. The fourth-order valence-corrected chi connectivity index (χ4v) is 1.39. The summed E-state index contributed by atoms with van der Waals surface area (Å²) in [6, 6.07) is 3.89. The molecule has 0 aliphatic rings. The molecule has 0 amide bonds. The van der Waals surface area contributed by atoms with Gasteiger partial charge in [-0.2, -0.15) is 0 Å². The molecule has 1 rings (SSSR count). The number of hydrogen-bond donors (Lipinski definition) is 2. The van der Waals surface area contributed by atoms with Crippen LogP contribution >= 0.6 is 15.9 Å². The normalized spacial score (nSPS) is 13.0. The van der Waals surface area contributed by atoms with E-state index in [1.807, 2.05) is 19.1 Å². The van der Waals surface area contributed by atoms with Crippen LogP contribution < -0.4 is 11.3 Å². The van der Waals surface area contributed by atoms with E-state index >= 15 is 0 Å². The lowest BCUT2D eigenvalue weighted by atomic mass is 10.2. The van der Waals surface area contributed by atoms with E-state index in [9.17, 15) is 0 Å². The molecule has 0 saturated heterocycles. The van der Waals surface area contributed by atoms with Crippen LogP contribution in [0, 0.1) is 0 Å². The number of hydrazine groups is 1. The zero-order valence-electron chi connectivity index (χ0n) is 6.21. The van der Waals surface area contributed by atoms with E-state index in [1.54, 1.807) is 6.20 Å². The second-order valence-electron chi connectivity index (χ2n) is 2.26. The van der Waals surface area contributed by atoms with Crippen molar-refractivity contribution in [2.45, 2.75) is 13.0 Å². The fraction of sp³-hybridized carbons (Fsp3) is 0.286. The van der Waals surface area contributed by atoms with Gasteiger partial charge in [-0.05, 0) is 35.0 Å².